The van der Waals surface area contributed by atoms with Crippen molar-refractivity contribution in [3.8, 4) is 0 Å². The van der Waals surface area contributed by atoms with Gasteiger partial charge in [-0.25, -0.2) is 12.8 Å². The summed E-state index contributed by atoms with van der Waals surface area (Å²) in [5.74, 6) is -1.33. The minimum absolute atomic E-state index is 0.00216. The van der Waals surface area contributed by atoms with Gasteiger partial charge < -0.3 is 10.2 Å². The summed E-state index contributed by atoms with van der Waals surface area (Å²) in [5, 5.41) is 2.93. The molecule has 9 heteroatoms. The molecule has 2 amide bonds. The molecule has 39 heavy (non-hydrogen) atoms. The fourth-order valence-corrected chi connectivity index (χ4v) is 5.73. The van der Waals surface area contributed by atoms with E-state index < -0.39 is 39.9 Å². The minimum atomic E-state index is -4.13. The van der Waals surface area contributed by atoms with E-state index in [-0.39, 0.29) is 17.3 Å². The van der Waals surface area contributed by atoms with Crippen LogP contribution in [0.4, 0.5) is 10.1 Å². The second-order valence-corrected chi connectivity index (χ2v) is 12.3. The molecule has 0 radical (unpaired) electrons. The Kier molecular flexibility index (Phi) is 9.50. The van der Waals surface area contributed by atoms with Crippen LogP contribution in [0, 0.1) is 12.7 Å². The van der Waals surface area contributed by atoms with E-state index in [4.69, 9.17) is 0 Å². The number of carbonyl (C=O) groups is 2. The molecule has 3 aromatic carbocycles. The van der Waals surface area contributed by atoms with Crippen molar-refractivity contribution in [3.05, 3.63) is 95.8 Å². The quantitative estimate of drug-likeness (QED) is 0.381. The van der Waals surface area contributed by atoms with Gasteiger partial charge in [0, 0.05) is 12.1 Å². The van der Waals surface area contributed by atoms with Crippen molar-refractivity contribution in [1.82, 2.24) is 10.2 Å². The summed E-state index contributed by atoms with van der Waals surface area (Å²) in [6.07, 6.45) is 0.296. The smallest absolute Gasteiger partial charge is 0.264 e. The Balaban J connectivity index is 2.07. The zero-order valence-electron chi connectivity index (χ0n) is 23.0. The topological polar surface area (TPSA) is 86.8 Å². The van der Waals surface area contributed by atoms with Crippen molar-refractivity contribution in [3.63, 3.8) is 0 Å². The number of amides is 2. The van der Waals surface area contributed by atoms with E-state index >= 15 is 0 Å². The summed E-state index contributed by atoms with van der Waals surface area (Å²) in [7, 11) is -4.13. The van der Waals surface area contributed by atoms with Gasteiger partial charge in [-0.1, -0.05) is 55.5 Å². The molecule has 3 rings (SSSR count). The van der Waals surface area contributed by atoms with Gasteiger partial charge in [0.15, 0.2) is 0 Å². The number of carbonyl (C=O) groups excluding carboxylic acids is 2. The Hall–Kier alpha value is -3.72. The molecule has 0 aromatic heterocycles. The van der Waals surface area contributed by atoms with Gasteiger partial charge >= 0.3 is 0 Å². The van der Waals surface area contributed by atoms with Crippen molar-refractivity contribution in [2.45, 2.75) is 64.1 Å². The van der Waals surface area contributed by atoms with Crippen LogP contribution in [0.1, 0.15) is 45.2 Å². The highest BCUT2D eigenvalue weighted by Gasteiger charge is 2.34. The highest BCUT2D eigenvalue weighted by atomic mass is 32.2. The molecule has 1 N–H and O–H groups in total. The molecule has 1 unspecified atom stereocenters. The first-order valence-corrected chi connectivity index (χ1v) is 14.3. The largest absolute Gasteiger partial charge is 0.350 e. The Morgan fingerprint density at radius 2 is 1.51 bits per heavy atom. The fourth-order valence-electron chi connectivity index (χ4n) is 4.24. The highest BCUT2D eigenvalue weighted by Crippen LogP contribution is 2.27. The monoisotopic (exact) mass is 553 g/mol. The molecular formula is C30H36FN3O4S. The van der Waals surface area contributed by atoms with Crippen LogP contribution in [0.3, 0.4) is 0 Å². The van der Waals surface area contributed by atoms with Crippen LogP contribution in [0.2, 0.25) is 0 Å². The van der Waals surface area contributed by atoms with Gasteiger partial charge in [0.2, 0.25) is 11.8 Å². The lowest BCUT2D eigenvalue weighted by atomic mass is 10.1. The van der Waals surface area contributed by atoms with Crippen molar-refractivity contribution in [1.29, 1.82) is 0 Å². The maximum atomic E-state index is 14.0. The van der Waals surface area contributed by atoms with E-state index in [2.05, 4.69) is 5.32 Å². The SMILES string of the molecule is CCC(C(=O)NC(C)(C)C)N(Cc1ccc(F)cc1)C(=O)CN(c1ccccc1C)S(=O)(=O)c1ccccc1. The average Bonchev–Trinajstić information content (AvgIpc) is 2.88. The van der Waals surface area contributed by atoms with Crippen molar-refractivity contribution >= 4 is 27.5 Å². The van der Waals surface area contributed by atoms with Gasteiger partial charge in [-0.05, 0) is 75.6 Å². The van der Waals surface area contributed by atoms with Crippen LogP contribution in [-0.4, -0.2) is 43.3 Å². The number of aryl methyl sites for hydroxylation is 1. The lowest BCUT2D eigenvalue weighted by Crippen LogP contribution is -2.55. The molecule has 0 heterocycles. The molecule has 0 aliphatic rings. The van der Waals surface area contributed by atoms with Crippen LogP contribution in [-0.2, 0) is 26.2 Å². The van der Waals surface area contributed by atoms with Gasteiger partial charge in [-0.2, -0.15) is 0 Å². The van der Waals surface area contributed by atoms with Crippen LogP contribution in [0.25, 0.3) is 0 Å². The summed E-state index contributed by atoms with van der Waals surface area (Å²) in [6.45, 7) is 8.57. The van der Waals surface area contributed by atoms with Crippen LogP contribution in [0.5, 0.6) is 0 Å². The molecule has 0 aliphatic heterocycles. The summed E-state index contributed by atoms with van der Waals surface area (Å²) in [5.41, 5.74) is 1.11. The number of sulfonamides is 1. The van der Waals surface area contributed by atoms with Crippen LogP contribution in [0.15, 0.2) is 83.8 Å². The Morgan fingerprint density at radius 1 is 0.923 bits per heavy atom. The van der Waals surface area contributed by atoms with Crippen molar-refractivity contribution < 1.29 is 22.4 Å². The molecular weight excluding hydrogens is 517 g/mol. The van der Waals surface area contributed by atoms with E-state index in [0.29, 0.717) is 23.2 Å². The first-order chi connectivity index (χ1) is 18.3. The van der Waals surface area contributed by atoms with Gasteiger partial charge in [-0.15, -0.1) is 0 Å². The number of anilines is 1. The maximum Gasteiger partial charge on any atom is 0.264 e. The van der Waals surface area contributed by atoms with Crippen LogP contribution < -0.4 is 9.62 Å². The number of hydrogen-bond acceptors (Lipinski definition) is 4. The fraction of sp³-hybridized carbons (Fsp3) is 0.333. The second kappa shape index (κ2) is 12.4. The number of nitrogens with one attached hydrogen (secondary N) is 1. The molecule has 0 saturated heterocycles. The number of para-hydroxylation sites is 1. The van der Waals surface area contributed by atoms with E-state index in [1.54, 1.807) is 68.4 Å². The number of nitrogens with zero attached hydrogens (tertiary/aromatic N) is 2. The normalized spacial score (nSPS) is 12.5. The maximum absolute atomic E-state index is 14.0. The van der Waals surface area contributed by atoms with E-state index in [9.17, 15) is 22.4 Å². The summed E-state index contributed by atoms with van der Waals surface area (Å²) in [6, 6.07) is 19.6. The molecule has 0 aliphatic carbocycles. The minimum Gasteiger partial charge on any atom is -0.350 e. The molecule has 0 spiro atoms. The first-order valence-electron chi connectivity index (χ1n) is 12.8. The van der Waals surface area contributed by atoms with Gasteiger partial charge in [0.25, 0.3) is 10.0 Å². The van der Waals surface area contributed by atoms with Gasteiger partial charge in [-0.3, -0.25) is 13.9 Å². The van der Waals surface area contributed by atoms with Crippen molar-refractivity contribution in [2.75, 3.05) is 10.8 Å². The first kappa shape index (κ1) is 29.8. The molecule has 0 bridgehead atoms. The number of rotatable bonds is 10. The molecule has 7 nitrogen and oxygen atoms in total. The molecule has 208 valence electrons. The standard InChI is InChI=1S/C30H36FN3O4S/c1-6-26(29(36)32-30(3,4)5)33(20-23-16-18-24(31)19-17-23)28(35)21-34(27-15-11-10-12-22(27)2)39(37,38)25-13-8-7-9-14-25/h7-19,26H,6,20-21H2,1-5H3,(H,32,36). The Morgan fingerprint density at radius 3 is 2.08 bits per heavy atom. The number of hydrogen-bond donors (Lipinski definition) is 1. The Labute approximate surface area is 230 Å². The van der Waals surface area contributed by atoms with E-state index in [1.165, 1.54) is 29.2 Å². The summed E-state index contributed by atoms with van der Waals surface area (Å²) < 4.78 is 42.4. The van der Waals surface area contributed by atoms with Crippen LogP contribution >= 0.6 is 0 Å². The van der Waals surface area contributed by atoms with E-state index in [1.807, 2.05) is 20.8 Å². The molecule has 3 aromatic rings. The third kappa shape index (κ3) is 7.66. The van der Waals surface area contributed by atoms with Crippen molar-refractivity contribution in [2.24, 2.45) is 0 Å². The van der Waals surface area contributed by atoms with Gasteiger partial charge in [0.1, 0.15) is 18.4 Å². The predicted octanol–water partition coefficient (Wildman–Crippen LogP) is 5.05. The highest BCUT2D eigenvalue weighted by molar-refractivity contribution is 7.92. The summed E-state index contributed by atoms with van der Waals surface area (Å²) in [4.78, 5) is 28.8. The summed E-state index contributed by atoms with van der Waals surface area (Å²) >= 11 is 0. The molecule has 1 atom stereocenters. The lowest BCUT2D eigenvalue weighted by molar-refractivity contribution is -0.141. The predicted molar refractivity (Wildman–Crippen MR) is 151 cm³/mol. The zero-order valence-corrected chi connectivity index (χ0v) is 23.8. The molecule has 0 fully saturated rings. The second-order valence-electron chi connectivity index (χ2n) is 10.4. The van der Waals surface area contributed by atoms with Gasteiger partial charge in [0.05, 0.1) is 10.6 Å². The molecule has 0 saturated carbocycles. The lowest BCUT2D eigenvalue weighted by Gasteiger charge is -2.35. The zero-order chi connectivity index (χ0) is 28.8. The van der Waals surface area contributed by atoms with E-state index in [0.717, 1.165) is 4.31 Å². The average molecular weight is 554 g/mol. The number of halogens is 1. The Bertz CT molecular complexity index is 1390. The third-order valence-corrected chi connectivity index (χ3v) is 7.92. The third-order valence-electron chi connectivity index (χ3n) is 6.14. The number of benzene rings is 3.